The Bertz CT molecular complexity index is 1350. The Hall–Kier alpha value is -2.93. The van der Waals surface area contributed by atoms with Gasteiger partial charge in [-0.25, -0.2) is 4.98 Å². The molecule has 0 spiro atoms. The van der Waals surface area contributed by atoms with Gasteiger partial charge in [-0.15, -0.1) is 0 Å². The van der Waals surface area contributed by atoms with E-state index in [4.69, 9.17) is 4.98 Å². The van der Waals surface area contributed by atoms with Gasteiger partial charge in [-0.3, -0.25) is 0 Å². The summed E-state index contributed by atoms with van der Waals surface area (Å²) in [5.41, 5.74) is 10.3. The van der Waals surface area contributed by atoms with Crippen molar-refractivity contribution in [3.63, 3.8) is 0 Å². The molecule has 0 fully saturated rings. The summed E-state index contributed by atoms with van der Waals surface area (Å²) in [4.78, 5) is 5.20. The van der Waals surface area contributed by atoms with E-state index >= 15 is 0 Å². The summed E-state index contributed by atoms with van der Waals surface area (Å²) in [7, 11) is 0. The van der Waals surface area contributed by atoms with E-state index in [2.05, 4.69) is 121 Å². The predicted octanol–water partition coefficient (Wildman–Crippen LogP) is 8.16. The lowest BCUT2D eigenvalue weighted by Crippen LogP contribution is -2.37. The fourth-order valence-corrected chi connectivity index (χ4v) is 5.75. The number of fused-ring (bicyclic) bond motifs is 3. The first kappa shape index (κ1) is 20.9. The second-order valence-corrected chi connectivity index (χ2v) is 11.3. The SMILES string of the molecule is CC(C)(C)c1cc(-c2cccc3c2C(C)(C)c2ccccc2C3(C)C)nc2ccccc12. The van der Waals surface area contributed by atoms with Crippen LogP contribution in [0.1, 0.15) is 76.3 Å². The molecule has 0 atom stereocenters. The Kier molecular flexibility index (Phi) is 4.44. The monoisotopic (exact) mass is 419 g/mol. The van der Waals surface area contributed by atoms with Gasteiger partial charge in [0, 0.05) is 21.8 Å². The van der Waals surface area contributed by atoms with Gasteiger partial charge in [-0.05, 0) is 45.4 Å². The van der Waals surface area contributed by atoms with Gasteiger partial charge in [0.1, 0.15) is 0 Å². The Morgan fingerprint density at radius 3 is 1.94 bits per heavy atom. The Labute approximate surface area is 192 Å². The van der Waals surface area contributed by atoms with Crippen molar-refractivity contribution in [2.75, 3.05) is 0 Å². The molecule has 0 bridgehead atoms. The molecule has 4 aromatic rings. The molecule has 162 valence electrons. The van der Waals surface area contributed by atoms with E-state index < -0.39 is 0 Å². The zero-order chi connectivity index (χ0) is 22.9. The van der Waals surface area contributed by atoms with E-state index in [1.165, 1.54) is 38.8 Å². The summed E-state index contributed by atoms with van der Waals surface area (Å²) >= 11 is 0. The van der Waals surface area contributed by atoms with Crippen LogP contribution in [0.15, 0.2) is 72.8 Å². The first-order valence-electron chi connectivity index (χ1n) is 11.7. The Morgan fingerprint density at radius 2 is 1.25 bits per heavy atom. The maximum absolute atomic E-state index is 5.20. The van der Waals surface area contributed by atoms with E-state index in [1.807, 2.05) is 0 Å². The number of hydrogen-bond acceptors (Lipinski definition) is 1. The molecule has 5 rings (SSSR count). The van der Waals surface area contributed by atoms with Crippen molar-refractivity contribution in [3.05, 3.63) is 101 Å². The summed E-state index contributed by atoms with van der Waals surface area (Å²) < 4.78 is 0. The van der Waals surface area contributed by atoms with E-state index in [1.54, 1.807) is 0 Å². The van der Waals surface area contributed by atoms with Gasteiger partial charge in [0.15, 0.2) is 0 Å². The number of hydrogen-bond donors (Lipinski definition) is 0. The van der Waals surface area contributed by atoms with Gasteiger partial charge in [-0.2, -0.15) is 0 Å². The predicted molar refractivity (Wildman–Crippen MR) is 137 cm³/mol. The molecule has 1 aliphatic carbocycles. The minimum atomic E-state index is -0.104. The van der Waals surface area contributed by atoms with E-state index in [0.717, 1.165) is 11.2 Å². The van der Waals surface area contributed by atoms with Crippen molar-refractivity contribution in [3.8, 4) is 11.3 Å². The highest BCUT2D eigenvalue weighted by atomic mass is 14.7. The zero-order valence-corrected chi connectivity index (χ0v) is 20.4. The van der Waals surface area contributed by atoms with Crippen LogP contribution in [0.3, 0.4) is 0 Å². The van der Waals surface area contributed by atoms with Crippen LogP contribution in [-0.2, 0) is 16.2 Å². The molecule has 0 unspecified atom stereocenters. The van der Waals surface area contributed by atoms with Crippen molar-refractivity contribution in [1.29, 1.82) is 0 Å². The van der Waals surface area contributed by atoms with Crippen LogP contribution in [0.5, 0.6) is 0 Å². The van der Waals surface area contributed by atoms with Crippen LogP contribution >= 0.6 is 0 Å². The van der Waals surface area contributed by atoms with E-state index in [0.29, 0.717) is 0 Å². The van der Waals surface area contributed by atoms with Crippen molar-refractivity contribution in [2.45, 2.75) is 64.7 Å². The van der Waals surface area contributed by atoms with Crippen molar-refractivity contribution in [1.82, 2.24) is 4.98 Å². The highest BCUT2D eigenvalue weighted by molar-refractivity contribution is 5.87. The lowest BCUT2D eigenvalue weighted by atomic mass is 9.59. The quantitative estimate of drug-likeness (QED) is 0.303. The highest BCUT2D eigenvalue weighted by Crippen LogP contribution is 2.52. The maximum atomic E-state index is 5.20. The molecule has 1 heteroatoms. The molecule has 0 saturated heterocycles. The van der Waals surface area contributed by atoms with Crippen LogP contribution in [0.25, 0.3) is 22.2 Å². The van der Waals surface area contributed by atoms with Gasteiger partial charge < -0.3 is 0 Å². The van der Waals surface area contributed by atoms with Crippen LogP contribution in [0.2, 0.25) is 0 Å². The summed E-state index contributed by atoms with van der Waals surface area (Å²) in [5, 5.41) is 1.25. The molecule has 1 nitrogen and oxygen atoms in total. The topological polar surface area (TPSA) is 12.9 Å². The molecule has 0 amide bonds. The molecule has 0 radical (unpaired) electrons. The second-order valence-electron chi connectivity index (χ2n) is 11.3. The number of para-hydroxylation sites is 1. The normalized spacial score (nSPS) is 16.5. The number of aromatic nitrogens is 1. The lowest BCUT2D eigenvalue weighted by Gasteiger charge is -2.44. The molecule has 32 heavy (non-hydrogen) atoms. The third-order valence-corrected chi connectivity index (χ3v) is 7.44. The molecule has 1 aliphatic rings. The number of benzene rings is 3. The fraction of sp³-hybridized carbons (Fsp3) is 0.323. The van der Waals surface area contributed by atoms with Gasteiger partial charge >= 0.3 is 0 Å². The van der Waals surface area contributed by atoms with Crippen molar-refractivity contribution in [2.24, 2.45) is 0 Å². The van der Waals surface area contributed by atoms with Gasteiger partial charge in [-0.1, -0.05) is 109 Å². The van der Waals surface area contributed by atoms with Gasteiger partial charge in [0.25, 0.3) is 0 Å². The smallest absolute Gasteiger partial charge is 0.0715 e. The standard InChI is InChI=1S/C31H33N/c1-29(2,3)25-19-27(32-26-18-11-8-13-20(25)26)21-14-12-17-24-28(21)31(6,7)23-16-10-9-15-22(23)30(24,4)5/h8-19H,1-7H3. The molecule has 1 aromatic heterocycles. The summed E-state index contributed by atoms with van der Waals surface area (Å²) in [6.07, 6.45) is 0. The first-order chi connectivity index (χ1) is 15.0. The number of nitrogens with zero attached hydrogens (tertiary/aromatic N) is 1. The molecule has 0 aliphatic heterocycles. The number of rotatable bonds is 1. The Morgan fingerprint density at radius 1 is 0.656 bits per heavy atom. The fourth-order valence-electron chi connectivity index (χ4n) is 5.75. The average Bonchev–Trinajstić information content (AvgIpc) is 2.76. The Balaban J connectivity index is 1.86. The third kappa shape index (κ3) is 2.94. The van der Waals surface area contributed by atoms with Crippen molar-refractivity contribution >= 4 is 10.9 Å². The minimum absolute atomic E-state index is 0.0352. The third-order valence-electron chi connectivity index (χ3n) is 7.44. The maximum Gasteiger partial charge on any atom is 0.0715 e. The second kappa shape index (κ2) is 6.78. The summed E-state index contributed by atoms with van der Waals surface area (Å²) in [5.74, 6) is 0. The van der Waals surface area contributed by atoms with E-state index in [-0.39, 0.29) is 16.2 Å². The van der Waals surface area contributed by atoms with Crippen LogP contribution in [-0.4, -0.2) is 4.98 Å². The molecule has 0 N–H and O–H groups in total. The molecule has 0 saturated carbocycles. The number of pyridine rings is 1. The average molecular weight is 420 g/mol. The molecule has 1 heterocycles. The van der Waals surface area contributed by atoms with Crippen LogP contribution < -0.4 is 0 Å². The van der Waals surface area contributed by atoms with Crippen LogP contribution in [0, 0.1) is 0 Å². The molecule has 3 aromatic carbocycles. The molecular weight excluding hydrogens is 386 g/mol. The van der Waals surface area contributed by atoms with Crippen LogP contribution in [0.4, 0.5) is 0 Å². The van der Waals surface area contributed by atoms with Crippen molar-refractivity contribution < 1.29 is 0 Å². The molecular formula is C31H33N. The van der Waals surface area contributed by atoms with Gasteiger partial charge in [0.2, 0.25) is 0 Å². The largest absolute Gasteiger partial charge is 0.248 e. The lowest BCUT2D eigenvalue weighted by molar-refractivity contribution is 0.522. The van der Waals surface area contributed by atoms with Gasteiger partial charge in [0.05, 0.1) is 11.2 Å². The summed E-state index contributed by atoms with van der Waals surface area (Å²) in [6, 6.07) is 26.7. The summed E-state index contributed by atoms with van der Waals surface area (Å²) in [6.45, 7) is 16.3. The minimum Gasteiger partial charge on any atom is -0.248 e. The first-order valence-corrected chi connectivity index (χ1v) is 11.7. The highest BCUT2D eigenvalue weighted by Gasteiger charge is 2.42. The van der Waals surface area contributed by atoms with E-state index in [9.17, 15) is 0 Å². The zero-order valence-electron chi connectivity index (χ0n) is 20.4.